The number of nitrogens with zero attached hydrogens (tertiary/aromatic N) is 3. The van der Waals surface area contributed by atoms with Crippen LogP contribution >= 0.6 is 24.0 Å². The van der Waals surface area contributed by atoms with E-state index in [-0.39, 0.29) is 24.0 Å². The maximum Gasteiger partial charge on any atom is 0.191 e. The van der Waals surface area contributed by atoms with Gasteiger partial charge in [0, 0.05) is 65.6 Å². The molecule has 0 aliphatic heterocycles. The van der Waals surface area contributed by atoms with Gasteiger partial charge in [0.1, 0.15) is 0 Å². The molecular weight excluding hydrogens is 417 g/mol. The third-order valence-electron chi connectivity index (χ3n) is 3.89. The lowest BCUT2D eigenvalue weighted by atomic mass is 10.2. The molecule has 2 N–H and O–H groups in total. The molecule has 0 heterocycles. The third-order valence-corrected chi connectivity index (χ3v) is 3.89. The zero-order valence-corrected chi connectivity index (χ0v) is 19.1. The fraction of sp³-hybridized carbons (Fsp3) is 0.941. The quantitative estimate of drug-likeness (QED) is 0.203. The molecule has 0 spiro atoms. The molecule has 0 saturated carbocycles. The van der Waals surface area contributed by atoms with Crippen LogP contribution in [-0.4, -0.2) is 88.4 Å². The molecule has 0 aromatic carbocycles. The van der Waals surface area contributed by atoms with Gasteiger partial charge in [0.2, 0.25) is 0 Å². The van der Waals surface area contributed by atoms with E-state index >= 15 is 0 Å². The van der Waals surface area contributed by atoms with Crippen molar-refractivity contribution in [3.05, 3.63) is 0 Å². The number of rotatable bonds is 12. The van der Waals surface area contributed by atoms with Gasteiger partial charge < -0.3 is 20.3 Å². The minimum Gasteiger partial charge on any atom is -0.385 e. The minimum absolute atomic E-state index is 0. The van der Waals surface area contributed by atoms with Crippen LogP contribution in [-0.2, 0) is 4.74 Å². The lowest BCUT2D eigenvalue weighted by Crippen LogP contribution is -2.46. The van der Waals surface area contributed by atoms with Crippen molar-refractivity contribution >= 4 is 29.9 Å². The molecule has 0 saturated heterocycles. The van der Waals surface area contributed by atoms with Gasteiger partial charge in [0.25, 0.3) is 0 Å². The molecule has 0 fully saturated rings. The molecule has 0 bridgehead atoms. The Morgan fingerprint density at radius 3 is 2.00 bits per heavy atom. The van der Waals surface area contributed by atoms with Crippen LogP contribution in [0, 0.1) is 0 Å². The van der Waals surface area contributed by atoms with Gasteiger partial charge in [-0.1, -0.05) is 0 Å². The summed E-state index contributed by atoms with van der Waals surface area (Å²) in [6, 6.07) is 1.13. The number of hydrogen-bond donors (Lipinski definition) is 2. The van der Waals surface area contributed by atoms with Crippen LogP contribution in [0.4, 0.5) is 0 Å². The first-order chi connectivity index (χ1) is 10.9. The smallest absolute Gasteiger partial charge is 0.191 e. The molecule has 0 radical (unpaired) electrons. The van der Waals surface area contributed by atoms with Crippen LogP contribution in [0.15, 0.2) is 4.99 Å². The van der Waals surface area contributed by atoms with E-state index in [9.17, 15) is 0 Å². The van der Waals surface area contributed by atoms with Gasteiger partial charge in [0.15, 0.2) is 5.96 Å². The SMILES string of the molecule is CN=C(NCCN(C)CCCOC)NCCN(C(C)C)C(C)C.I. The average Bonchev–Trinajstić information content (AvgIpc) is 2.49. The summed E-state index contributed by atoms with van der Waals surface area (Å²) < 4.78 is 5.07. The highest BCUT2D eigenvalue weighted by atomic mass is 127. The average molecular weight is 457 g/mol. The highest BCUT2D eigenvalue weighted by Crippen LogP contribution is 2.03. The molecule has 0 aliphatic rings. The molecule has 0 aliphatic carbocycles. The Balaban J connectivity index is 0. The van der Waals surface area contributed by atoms with E-state index in [0.29, 0.717) is 12.1 Å². The van der Waals surface area contributed by atoms with Crippen LogP contribution < -0.4 is 10.6 Å². The first-order valence-corrected chi connectivity index (χ1v) is 8.80. The summed E-state index contributed by atoms with van der Waals surface area (Å²) >= 11 is 0. The Morgan fingerprint density at radius 1 is 1.00 bits per heavy atom. The second kappa shape index (κ2) is 16.4. The van der Waals surface area contributed by atoms with Crippen LogP contribution in [0.25, 0.3) is 0 Å². The van der Waals surface area contributed by atoms with E-state index in [4.69, 9.17) is 4.74 Å². The highest BCUT2D eigenvalue weighted by Gasteiger charge is 2.12. The van der Waals surface area contributed by atoms with Gasteiger partial charge in [-0.2, -0.15) is 0 Å². The molecular formula is C17H40IN5O. The Kier molecular flexibility index (Phi) is 17.8. The Labute approximate surface area is 166 Å². The maximum absolute atomic E-state index is 5.07. The summed E-state index contributed by atoms with van der Waals surface area (Å²) in [5.74, 6) is 0.878. The van der Waals surface area contributed by atoms with Gasteiger partial charge in [-0.15, -0.1) is 24.0 Å². The minimum atomic E-state index is 0. The summed E-state index contributed by atoms with van der Waals surface area (Å²) in [7, 11) is 5.70. The second-order valence-electron chi connectivity index (χ2n) is 6.50. The van der Waals surface area contributed by atoms with Crippen molar-refractivity contribution in [1.82, 2.24) is 20.4 Å². The van der Waals surface area contributed by atoms with Gasteiger partial charge in [-0.3, -0.25) is 9.89 Å². The number of halogens is 1. The standard InChI is InChI=1S/C17H39N5O.HI/c1-15(2)22(16(3)4)13-10-20-17(18-5)19-9-12-21(6)11-8-14-23-7;/h15-16H,8-14H2,1-7H3,(H2,18,19,20);1H. The molecule has 0 unspecified atom stereocenters. The number of hydrogen-bond acceptors (Lipinski definition) is 4. The van der Waals surface area contributed by atoms with Crippen molar-refractivity contribution in [2.24, 2.45) is 4.99 Å². The fourth-order valence-electron chi connectivity index (χ4n) is 2.59. The van der Waals surface area contributed by atoms with Crippen LogP contribution in [0.2, 0.25) is 0 Å². The third kappa shape index (κ3) is 13.2. The Morgan fingerprint density at radius 2 is 1.54 bits per heavy atom. The number of guanidine groups is 1. The molecule has 7 heteroatoms. The normalized spacial score (nSPS) is 12.2. The zero-order valence-electron chi connectivity index (χ0n) is 16.8. The molecule has 146 valence electrons. The topological polar surface area (TPSA) is 52.1 Å². The Hall–Kier alpha value is -0.120. The van der Waals surface area contributed by atoms with Gasteiger partial charge in [-0.05, 0) is 41.2 Å². The lowest BCUT2D eigenvalue weighted by Gasteiger charge is -2.30. The van der Waals surface area contributed by atoms with E-state index in [2.05, 4.69) is 60.2 Å². The molecule has 0 aromatic heterocycles. The number of likely N-dealkylation sites (N-methyl/N-ethyl adjacent to an activating group) is 1. The summed E-state index contributed by atoms with van der Waals surface area (Å²) in [5, 5.41) is 6.76. The molecule has 0 rings (SSSR count). The van der Waals surface area contributed by atoms with Gasteiger partial charge in [0.05, 0.1) is 0 Å². The molecule has 24 heavy (non-hydrogen) atoms. The molecule has 6 nitrogen and oxygen atoms in total. The molecule has 0 amide bonds. The highest BCUT2D eigenvalue weighted by molar-refractivity contribution is 14.0. The number of methoxy groups -OCH3 is 1. The number of ether oxygens (including phenoxy) is 1. The van der Waals surface area contributed by atoms with E-state index < -0.39 is 0 Å². The first-order valence-electron chi connectivity index (χ1n) is 8.80. The van der Waals surface area contributed by atoms with Gasteiger partial charge in [-0.25, -0.2) is 0 Å². The first kappa shape index (κ1) is 26.1. The van der Waals surface area contributed by atoms with Crippen molar-refractivity contribution in [3.63, 3.8) is 0 Å². The van der Waals surface area contributed by atoms with Crippen molar-refractivity contribution in [2.45, 2.75) is 46.2 Å². The summed E-state index contributed by atoms with van der Waals surface area (Å²) in [5.41, 5.74) is 0. The van der Waals surface area contributed by atoms with Gasteiger partial charge >= 0.3 is 0 Å². The van der Waals surface area contributed by atoms with E-state index in [1.807, 2.05) is 7.05 Å². The summed E-state index contributed by atoms with van der Waals surface area (Å²) in [6.07, 6.45) is 1.07. The predicted octanol–water partition coefficient (Wildman–Crippen LogP) is 1.86. The van der Waals surface area contributed by atoms with Crippen molar-refractivity contribution < 1.29 is 4.74 Å². The monoisotopic (exact) mass is 457 g/mol. The maximum atomic E-state index is 5.07. The predicted molar refractivity (Wildman–Crippen MR) is 116 cm³/mol. The number of aliphatic imine (C=N–C) groups is 1. The van der Waals surface area contributed by atoms with Crippen LogP contribution in [0.3, 0.4) is 0 Å². The summed E-state index contributed by atoms with van der Waals surface area (Å²) in [6.45, 7) is 14.7. The van der Waals surface area contributed by atoms with E-state index in [1.165, 1.54) is 0 Å². The zero-order chi connectivity index (χ0) is 17.7. The van der Waals surface area contributed by atoms with Crippen LogP contribution in [0.5, 0.6) is 0 Å². The molecule has 0 atom stereocenters. The fourth-order valence-corrected chi connectivity index (χ4v) is 2.59. The van der Waals surface area contributed by atoms with E-state index in [0.717, 1.165) is 51.7 Å². The van der Waals surface area contributed by atoms with Crippen molar-refractivity contribution in [2.75, 3.05) is 60.5 Å². The number of nitrogens with one attached hydrogen (secondary N) is 2. The largest absolute Gasteiger partial charge is 0.385 e. The van der Waals surface area contributed by atoms with E-state index in [1.54, 1.807) is 7.11 Å². The lowest BCUT2D eigenvalue weighted by molar-refractivity contribution is 0.178. The Bertz CT molecular complexity index is 305. The second-order valence-corrected chi connectivity index (χ2v) is 6.50. The molecule has 0 aromatic rings. The summed E-state index contributed by atoms with van der Waals surface area (Å²) in [4.78, 5) is 9.06. The van der Waals surface area contributed by atoms with Crippen molar-refractivity contribution in [3.8, 4) is 0 Å². The van der Waals surface area contributed by atoms with Crippen molar-refractivity contribution in [1.29, 1.82) is 0 Å². The van der Waals surface area contributed by atoms with Crippen LogP contribution in [0.1, 0.15) is 34.1 Å².